The first-order chi connectivity index (χ1) is 15.6. The average Bonchev–Trinajstić information content (AvgIpc) is 3.29. The molecule has 0 unspecified atom stereocenters. The molecule has 1 N–H and O–H groups in total. The highest BCUT2D eigenvalue weighted by Gasteiger charge is 2.51. The number of rotatable bonds is 3. The van der Waals surface area contributed by atoms with Crippen LogP contribution in [-0.4, -0.2) is 42.0 Å². The second kappa shape index (κ2) is 8.18. The van der Waals surface area contributed by atoms with Crippen molar-refractivity contribution in [1.82, 2.24) is 24.3 Å². The molecule has 4 heterocycles. The predicted octanol–water partition coefficient (Wildman–Crippen LogP) is 4.27. The molecule has 1 spiro atoms. The van der Waals surface area contributed by atoms with Gasteiger partial charge >= 0.3 is 0 Å². The molecule has 0 amide bonds. The van der Waals surface area contributed by atoms with Crippen LogP contribution < -0.4 is 9.62 Å². The van der Waals surface area contributed by atoms with Gasteiger partial charge in [0, 0.05) is 41.8 Å². The standard InChI is InChI=1S/C23H28BrFN6OS/c1-14-20(24)31-18(16(25)13-27-31)21(28-14)30-10-7-23(8-11-30)12-17-15(6-5-9-26-17)19(23)29-33(32)22(2,3)4/h5-6,9,13,19,29H,7-8,10-12H2,1-4H3/t19-,33-/m1/s1. The summed E-state index contributed by atoms with van der Waals surface area (Å²) in [6.07, 6.45) is 5.64. The maximum absolute atomic E-state index is 14.6. The van der Waals surface area contributed by atoms with Gasteiger partial charge in [-0.3, -0.25) is 4.98 Å². The third-order valence-electron chi connectivity index (χ3n) is 6.90. The zero-order chi connectivity index (χ0) is 23.5. The fourth-order valence-electron chi connectivity index (χ4n) is 5.04. The lowest BCUT2D eigenvalue weighted by molar-refractivity contribution is 0.175. The van der Waals surface area contributed by atoms with E-state index in [2.05, 4.69) is 41.7 Å². The minimum atomic E-state index is -1.20. The van der Waals surface area contributed by atoms with Crippen LogP contribution in [0.4, 0.5) is 10.2 Å². The molecule has 7 nitrogen and oxygen atoms in total. The monoisotopic (exact) mass is 534 g/mol. The van der Waals surface area contributed by atoms with Gasteiger partial charge in [-0.1, -0.05) is 6.07 Å². The normalized spacial score (nSPS) is 21.1. The van der Waals surface area contributed by atoms with Crippen molar-refractivity contribution >= 4 is 38.6 Å². The van der Waals surface area contributed by atoms with E-state index in [0.29, 0.717) is 15.9 Å². The topological polar surface area (TPSA) is 81.4 Å². The lowest BCUT2D eigenvalue weighted by atomic mass is 9.73. The Labute approximate surface area is 204 Å². The number of pyridine rings is 1. The quantitative estimate of drug-likeness (QED) is 0.505. The smallest absolute Gasteiger partial charge is 0.172 e. The molecule has 5 rings (SSSR count). The van der Waals surface area contributed by atoms with E-state index in [9.17, 15) is 8.94 Å². The molecule has 2 aliphatic rings. The molecular weight excluding hydrogens is 507 g/mol. The number of aromatic nitrogens is 4. The van der Waals surface area contributed by atoms with Gasteiger partial charge in [-0.2, -0.15) is 5.10 Å². The Balaban J connectivity index is 1.45. The molecule has 1 saturated heterocycles. The fraction of sp³-hybridized carbons (Fsp3) is 0.522. The molecule has 10 heteroatoms. The Hall–Kier alpha value is -1.75. The van der Waals surface area contributed by atoms with E-state index in [0.717, 1.165) is 49.3 Å². The first-order valence-electron chi connectivity index (χ1n) is 11.2. The Bertz CT molecular complexity index is 1200. The Morgan fingerprint density at radius 1 is 1.30 bits per heavy atom. The van der Waals surface area contributed by atoms with Crippen molar-refractivity contribution in [3.63, 3.8) is 0 Å². The van der Waals surface area contributed by atoms with Gasteiger partial charge in [0.1, 0.15) is 14.9 Å². The van der Waals surface area contributed by atoms with Crippen molar-refractivity contribution in [2.75, 3.05) is 18.0 Å². The Kier molecular flexibility index (Phi) is 5.70. The first-order valence-corrected chi connectivity index (χ1v) is 13.1. The van der Waals surface area contributed by atoms with Gasteiger partial charge in [0.25, 0.3) is 0 Å². The van der Waals surface area contributed by atoms with Crippen LogP contribution in [0.1, 0.15) is 56.6 Å². The Morgan fingerprint density at radius 3 is 2.73 bits per heavy atom. The molecule has 33 heavy (non-hydrogen) atoms. The van der Waals surface area contributed by atoms with E-state index in [1.807, 2.05) is 40.0 Å². The molecule has 2 atom stereocenters. The maximum atomic E-state index is 14.6. The lowest BCUT2D eigenvalue weighted by Crippen LogP contribution is -2.50. The summed E-state index contributed by atoms with van der Waals surface area (Å²) in [4.78, 5) is 11.5. The van der Waals surface area contributed by atoms with Gasteiger partial charge in [0.2, 0.25) is 0 Å². The van der Waals surface area contributed by atoms with Crippen molar-refractivity contribution in [1.29, 1.82) is 0 Å². The van der Waals surface area contributed by atoms with E-state index >= 15 is 0 Å². The molecule has 0 bridgehead atoms. The summed E-state index contributed by atoms with van der Waals surface area (Å²) in [7, 11) is 0. The van der Waals surface area contributed by atoms with Crippen LogP contribution in [-0.2, 0) is 17.8 Å². The average molecular weight is 535 g/mol. The summed E-state index contributed by atoms with van der Waals surface area (Å²) in [6, 6.07) is 4.02. The molecule has 3 aromatic heterocycles. The number of piperidine rings is 1. The fourth-order valence-corrected chi connectivity index (χ4v) is 6.34. The highest BCUT2D eigenvalue weighted by Crippen LogP contribution is 2.52. The van der Waals surface area contributed by atoms with Crippen molar-refractivity contribution in [3.05, 3.63) is 51.9 Å². The number of hydrogen-bond acceptors (Lipinski definition) is 6. The SMILES string of the molecule is Cc1nc(N2CCC3(CC2)Cc2ncccc2[C@H]3N[S@+]([O-])C(C)(C)C)c2c(F)cnn2c1Br. The lowest BCUT2D eigenvalue weighted by Gasteiger charge is -2.44. The van der Waals surface area contributed by atoms with Gasteiger partial charge in [0.15, 0.2) is 11.6 Å². The molecule has 1 fully saturated rings. The van der Waals surface area contributed by atoms with E-state index < -0.39 is 11.4 Å². The second-order valence-corrected chi connectivity index (χ2v) is 12.8. The van der Waals surface area contributed by atoms with Gasteiger partial charge in [0.05, 0.1) is 17.9 Å². The Morgan fingerprint density at radius 2 is 2.03 bits per heavy atom. The number of fused-ring (bicyclic) bond motifs is 2. The number of nitrogens with zero attached hydrogens (tertiary/aromatic N) is 5. The largest absolute Gasteiger partial charge is 0.598 e. The number of halogens is 2. The predicted molar refractivity (Wildman–Crippen MR) is 131 cm³/mol. The summed E-state index contributed by atoms with van der Waals surface area (Å²) in [5.41, 5.74) is 3.29. The van der Waals surface area contributed by atoms with Crippen molar-refractivity contribution in [2.24, 2.45) is 5.41 Å². The van der Waals surface area contributed by atoms with Gasteiger partial charge < -0.3 is 9.45 Å². The van der Waals surface area contributed by atoms with E-state index in [1.54, 1.807) is 4.52 Å². The van der Waals surface area contributed by atoms with Crippen LogP contribution in [0.15, 0.2) is 29.1 Å². The number of anilines is 1. The number of aryl methyl sites for hydroxylation is 1. The summed E-state index contributed by atoms with van der Waals surface area (Å²) >= 11 is 2.27. The highest BCUT2D eigenvalue weighted by atomic mass is 79.9. The van der Waals surface area contributed by atoms with E-state index in [-0.39, 0.29) is 22.0 Å². The molecule has 0 aromatic carbocycles. The highest BCUT2D eigenvalue weighted by molar-refractivity contribution is 9.10. The summed E-state index contributed by atoms with van der Waals surface area (Å²) in [5, 5.41) is 4.18. The van der Waals surface area contributed by atoms with Gasteiger partial charge in [-0.25, -0.2) is 13.9 Å². The molecule has 1 aliphatic carbocycles. The summed E-state index contributed by atoms with van der Waals surface area (Å²) in [5.74, 6) is 0.244. The summed E-state index contributed by atoms with van der Waals surface area (Å²) in [6.45, 7) is 9.29. The molecular formula is C23H28BrFN6OS. The third kappa shape index (κ3) is 3.84. The second-order valence-electron chi connectivity index (χ2n) is 10.1. The van der Waals surface area contributed by atoms with Gasteiger partial charge in [-0.05, 0) is 74.5 Å². The van der Waals surface area contributed by atoms with Crippen LogP contribution in [0.5, 0.6) is 0 Å². The van der Waals surface area contributed by atoms with E-state index in [1.165, 1.54) is 6.20 Å². The molecule has 1 aliphatic heterocycles. The minimum Gasteiger partial charge on any atom is -0.598 e. The minimum absolute atomic E-state index is 0.0326. The maximum Gasteiger partial charge on any atom is 0.172 e. The van der Waals surface area contributed by atoms with Crippen LogP contribution in [0.25, 0.3) is 5.52 Å². The van der Waals surface area contributed by atoms with Crippen LogP contribution in [0.2, 0.25) is 0 Å². The molecule has 0 saturated carbocycles. The number of nitrogens with one attached hydrogen (secondary N) is 1. The van der Waals surface area contributed by atoms with E-state index in [4.69, 9.17) is 4.98 Å². The van der Waals surface area contributed by atoms with Gasteiger partial charge in [-0.15, -0.1) is 4.72 Å². The van der Waals surface area contributed by atoms with Crippen molar-refractivity contribution in [3.8, 4) is 0 Å². The first kappa shape index (κ1) is 23.0. The zero-order valence-electron chi connectivity index (χ0n) is 19.2. The summed E-state index contributed by atoms with van der Waals surface area (Å²) < 4.78 is 33.0. The van der Waals surface area contributed by atoms with Crippen LogP contribution in [0, 0.1) is 18.2 Å². The molecule has 176 valence electrons. The zero-order valence-corrected chi connectivity index (χ0v) is 21.6. The molecule has 0 radical (unpaired) electrons. The van der Waals surface area contributed by atoms with Crippen molar-refractivity contribution < 1.29 is 8.94 Å². The number of hydrogen-bond donors (Lipinski definition) is 1. The van der Waals surface area contributed by atoms with Crippen LogP contribution in [0.3, 0.4) is 0 Å². The third-order valence-corrected chi connectivity index (χ3v) is 9.37. The molecule has 3 aromatic rings. The van der Waals surface area contributed by atoms with Crippen molar-refractivity contribution in [2.45, 2.75) is 57.7 Å². The van der Waals surface area contributed by atoms with Crippen LogP contribution >= 0.6 is 15.9 Å².